The highest BCUT2D eigenvalue weighted by Gasteiger charge is 2.23. The zero-order valence-electron chi connectivity index (χ0n) is 23.2. The molecular weight excluding hydrogens is 520 g/mol. The Morgan fingerprint density at radius 3 is 2.46 bits per heavy atom. The molecule has 0 bridgehead atoms. The van der Waals surface area contributed by atoms with E-state index < -0.39 is 29.9 Å². The molecule has 0 unspecified atom stereocenters. The third-order valence-electron chi connectivity index (χ3n) is 6.75. The molecule has 2 amide bonds. The van der Waals surface area contributed by atoms with Crippen LogP contribution in [0, 0.1) is 5.92 Å². The first-order valence-electron chi connectivity index (χ1n) is 13.7. The second-order valence-corrected chi connectivity index (χ2v) is 10.4. The number of aromatic nitrogens is 1. The first-order valence-corrected chi connectivity index (χ1v) is 13.7. The summed E-state index contributed by atoms with van der Waals surface area (Å²) in [6, 6.07) is 20.2. The number of fused-ring (bicyclic) bond motifs is 1. The molecule has 1 heterocycles. The molecule has 41 heavy (non-hydrogen) atoms. The van der Waals surface area contributed by atoms with E-state index in [1.165, 1.54) is 12.1 Å². The molecular formula is C32H36N4O5. The van der Waals surface area contributed by atoms with Crippen LogP contribution >= 0.6 is 0 Å². The first-order chi connectivity index (χ1) is 19.7. The van der Waals surface area contributed by atoms with Crippen LogP contribution in [-0.4, -0.2) is 46.6 Å². The number of carboxylic acids is 1. The molecule has 0 aliphatic rings. The number of benzene rings is 3. The predicted octanol–water partition coefficient (Wildman–Crippen LogP) is 4.53. The van der Waals surface area contributed by atoms with Gasteiger partial charge in [0.1, 0.15) is 11.8 Å². The van der Waals surface area contributed by atoms with E-state index in [2.05, 4.69) is 15.6 Å². The van der Waals surface area contributed by atoms with Gasteiger partial charge in [-0.15, -0.1) is 0 Å². The highest BCUT2D eigenvalue weighted by atomic mass is 16.5. The van der Waals surface area contributed by atoms with Gasteiger partial charge < -0.3 is 31.2 Å². The molecule has 0 spiro atoms. The number of hydrogen-bond donors (Lipinski definition) is 5. The number of carbonyl (C=O) groups is 3. The van der Waals surface area contributed by atoms with Crippen LogP contribution in [-0.2, 0) is 22.4 Å². The van der Waals surface area contributed by atoms with Gasteiger partial charge in [-0.2, -0.15) is 0 Å². The SMILES string of the molecule is CC(C)C[C@H](NC(=O)c1ccc(NC(=O)[C@@H](N)Cc2ccccc2)c(OCCc2c[nH]c3ccccc23)c1)C(=O)O. The van der Waals surface area contributed by atoms with E-state index in [0.717, 1.165) is 22.0 Å². The summed E-state index contributed by atoms with van der Waals surface area (Å²) >= 11 is 0. The molecule has 9 nitrogen and oxygen atoms in total. The third kappa shape index (κ3) is 7.95. The van der Waals surface area contributed by atoms with Crippen LogP contribution in [0.25, 0.3) is 10.9 Å². The summed E-state index contributed by atoms with van der Waals surface area (Å²) in [4.78, 5) is 40.9. The van der Waals surface area contributed by atoms with E-state index in [1.54, 1.807) is 6.07 Å². The number of anilines is 1. The lowest BCUT2D eigenvalue weighted by molar-refractivity contribution is -0.139. The third-order valence-corrected chi connectivity index (χ3v) is 6.75. The molecule has 4 rings (SSSR count). The predicted molar refractivity (Wildman–Crippen MR) is 159 cm³/mol. The van der Waals surface area contributed by atoms with Crippen LogP contribution in [0.5, 0.6) is 5.75 Å². The fourth-order valence-electron chi connectivity index (χ4n) is 4.62. The van der Waals surface area contributed by atoms with Gasteiger partial charge in [0.15, 0.2) is 0 Å². The number of carbonyl (C=O) groups excluding carboxylic acids is 2. The Morgan fingerprint density at radius 2 is 1.73 bits per heavy atom. The van der Waals surface area contributed by atoms with E-state index in [4.69, 9.17) is 10.5 Å². The second kappa shape index (κ2) is 13.6. The number of carboxylic acid groups (broad SMARTS) is 1. The number of para-hydroxylation sites is 1. The molecule has 214 valence electrons. The highest BCUT2D eigenvalue weighted by Crippen LogP contribution is 2.27. The minimum atomic E-state index is -1.10. The number of aromatic amines is 1. The van der Waals surface area contributed by atoms with Gasteiger partial charge in [-0.05, 0) is 54.2 Å². The van der Waals surface area contributed by atoms with Crippen molar-refractivity contribution >= 4 is 34.4 Å². The summed E-state index contributed by atoms with van der Waals surface area (Å²) < 4.78 is 6.10. The Kier molecular flexibility index (Phi) is 9.76. The molecule has 3 aromatic carbocycles. The van der Waals surface area contributed by atoms with E-state index in [1.807, 2.05) is 74.6 Å². The van der Waals surface area contributed by atoms with E-state index in [9.17, 15) is 19.5 Å². The fraction of sp³-hybridized carbons (Fsp3) is 0.281. The number of hydrogen-bond acceptors (Lipinski definition) is 5. The summed E-state index contributed by atoms with van der Waals surface area (Å²) in [7, 11) is 0. The molecule has 0 aliphatic heterocycles. The average Bonchev–Trinajstić information content (AvgIpc) is 3.36. The lowest BCUT2D eigenvalue weighted by atomic mass is 10.0. The van der Waals surface area contributed by atoms with Crippen molar-refractivity contribution in [3.05, 3.63) is 95.7 Å². The summed E-state index contributed by atoms with van der Waals surface area (Å²) in [5, 5.41) is 16.1. The maximum atomic E-state index is 13.0. The number of H-pyrrole nitrogens is 1. The van der Waals surface area contributed by atoms with Gasteiger partial charge in [-0.25, -0.2) is 4.79 Å². The maximum Gasteiger partial charge on any atom is 0.326 e. The Labute approximate surface area is 239 Å². The normalized spacial score (nSPS) is 12.6. The summed E-state index contributed by atoms with van der Waals surface area (Å²) in [5.74, 6) is -1.67. The number of ether oxygens (including phenoxy) is 1. The zero-order chi connectivity index (χ0) is 29.4. The number of nitrogens with two attached hydrogens (primary N) is 1. The molecule has 4 aromatic rings. The minimum Gasteiger partial charge on any atom is -0.491 e. The monoisotopic (exact) mass is 556 g/mol. The fourth-order valence-corrected chi connectivity index (χ4v) is 4.62. The molecule has 2 atom stereocenters. The average molecular weight is 557 g/mol. The standard InChI is InChI=1S/C32H36N4O5/c1-20(2)16-28(32(39)40)36-30(37)22-12-13-27(35-31(38)25(33)17-21-8-4-3-5-9-21)29(18-22)41-15-14-23-19-34-26-11-7-6-10-24(23)26/h3-13,18-20,25,28,34H,14-17,33H2,1-2H3,(H,35,38)(H,36,37)(H,39,40)/t25-,28-/m0/s1. The van der Waals surface area contributed by atoms with E-state index >= 15 is 0 Å². The van der Waals surface area contributed by atoms with Crippen molar-refractivity contribution in [2.45, 2.75) is 45.2 Å². The minimum absolute atomic E-state index is 0.0810. The maximum absolute atomic E-state index is 13.0. The zero-order valence-corrected chi connectivity index (χ0v) is 23.2. The van der Waals surface area contributed by atoms with Crippen molar-refractivity contribution in [3.63, 3.8) is 0 Å². The van der Waals surface area contributed by atoms with Crippen molar-refractivity contribution in [3.8, 4) is 5.75 Å². The molecule has 0 saturated carbocycles. The topological polar surface area (TPSA) is 147 Å². The molecule has 0 fully saturated rings. The van der Waals surface area contributed by atoms with Gasteiger partial charge in [-0.3, -0.25) is 9.59 Å². The smallest absolute Gasteiger partial charge is 0.326 e. The Morgan fingerprint density at radius 1 is 1.00 bits per heavy atom. The van der Waals surface area contributed by atoms with Crippen LogP contribution in [0.4, 0.5) is 5.69 Å². The quantitative estimate of drug-likeness (QED) is 0.164. The van der Waals surface area contributed by atoms with Crippen molar-refractivity contribution in [1.82, 2.24) is 10.3 Å². The number of nitrogens with one attached hydrogen (secondary N) is 3. The number of amides is 2. The van der Waals surface area contributed by atoms with Crippen molar-refractivity contribution in [2.75, 3.05) is 11.9 Å². The van der Waals surface area contributed by atoms with Crippen LogP contribution in [0.2, 0.25) is 0 Å². The van der Waals surface area contributed by atoms with E-state index in [-0.39, 0.29) is 23.8 Å². The van der Waals surface area contributed by atoms with Crippen molar-refractivity contribution < 1.29 is 24.2 Å². The van der Waals surface area contributed by atoms with Crippen LogP contribution in [0.15, 0.2) is 79.0 Å². The van der Waals surface area contributed by atoms with Gasteiger partial charge in [0, 0.05) is 29.1 Å². The molecule has 6 N–H and O–H groups in total. The number of aliphatic carboxylic acids is 1. The summed E-state index contributed by atoms with van der Waals surface area (Å²) in [6.07, 6.45) is 3.17. The van der Waals surface area contributed by atoms with Crippen LogP contribution < -0.4 is 21.1 Å². The lowest BCUT2D eigenvalue weighted by Crippen LogP contribution is -2.41. The summed E-state index contributed by atoms with van der Waals surface area (Å²) in [6.45, 7) is 4.06. The van der Waals surface area contributed by atoms with Gasteiger partial charge >= 0.3 is 5.97 Å². The van der Waals surface area contributed by atoms with E-state index in [0.29, 0.717) is 24.9 Å². The molecule has 9 heteroatoms. The second-order valence-electron chi connectivity index (χ2n) is 10.4. The molecule has 1 aromatic heterocycles. The van der Waals surface area contributed by atoms with Crippen LogP contribution in [0.3, 0.4) is 0 Å². The Balaban J connectivity index is 1.52. The summed E-state index contributed by atoms with van der Waals surface area (Å²) in [5.41, 5.74) is 9.81. The van der Waals surface area contributed by atoms with Crippen molar-refractivity contribution in [2.24, 2.45) is 11.7 Å². The van der Waals surface area contributed by atoms with Crippen LogP contribution in [0.1, 0.15) is 41.8 Å². The van der Waals surface area contributed by atoms with Gasteiger partial charge in [0.2, 0.25) is 5.91 Å². The van der Waals surface area contributed by atoms with Gasteiger partial charge in [0.05, 0.1) is 18.3 Å². The van der Waals surface area contributed by atoms with Gasteiger partial charge in [0.25, 0.3) is 5.91 Å². The largest absolute Gasteiger partial charge is 0.491 e. The first kappa shape index (κ1) is 29.4. The Bertz CT molecular complexity index is 1500. The van der Waals surface area contributed by atoms with Gasteiger partial charge in [-0.1, -0.05) is 62.4 Å². The molecule has 0 radical (unpaired) electrons. The van der Waals surface area contributed by atoms with Crippen molar-refractivity contribution in [1.29, 1.82) is 0 Å². The molecule has 0 aliphatic carbocycles. The number of rotatable bonds is 13. The lowest BCUT2D eigenvalue weighted by Gasteiger charge is -2.18. The Hall–Kier alpha value is -4.63. The highest BCUT2D eigenvalue weighted by molar-refractivity contribution is 6.00. The molecule has 0 saturated heterocycles.